The first kappa shape index (κ1) is 18.9. The fraction of sp³-hybridized carbons (Fsp3) is 0.588. The third-order valence-electron chi connectivity index (χ3n) is 5.19. The smallest absolute Gasteiger partial charge is 0.223 e. The van der Waals surface area contributed by atoms with E-state index in [4.69, 9.17) is 28.9 Å². The zero-order valence-electron chi connectivity index (χ0n) is 13.2. The maximum absolute atomic E-state index is 12.7. The van der Waals surface area contributed by atoms with Crippen molar-refractivity contribution in [3.8, 4) is 0 Å². The Hall–Kier alpha value is -0.480. The van der Waals surface area contributed by atoms with Gasteiger partial charge in [-0.25, -0.2) is 0 Å². The summed E-state index contributed by atoms with van der Waals surface area (Å²) in [7, 11) is 0. The Labute approximate surface area is 153 Å². The minimum Gasteiger partial charge on any atom is -0.336 e. The molecule has 1 amide bonds. The molecule has 2 aliphatic rings. The van der Waals surface area contributed by atoms with Crippen molar-refractivity contribution >= 4 is 41.5 Å². The van der Waals surface area contributed by atoms with Crippen LogP contribution in [0.1, 0.15) is 49.8 Å². The van der Waals surface area contributed by atoms with Crippen LogP contribution in [-0.4, -0.2) is 23.4 Å². The van der Waals surface area contributed by atoms with Gasteiger partial charge in [0, 0.05) is 29.1 Å². The van der Waals surface area contributed by atoms with Gasteiger partial charge in [0.15, 0.2) is 0 Å². The average molecular weight is 378 g/mol. The van der Waals surface area contributed by atoms with Crippen LogP contribution in [0.5, 0.6) is 0 Å². The van der Waals surface area contributed by atoms with Crippen LogP contribution in [0.3, 0.4) is 0 Å². The van der Waals surface area contributed by atoms with Crippen LogP contribution in [0.4, 0.5) is 0 Å². The number of carbonyl (C=O) groups is 1. The Morgan fingerprint density at radius 3 is 2.74 bits per heavy atom. The Balaban J connectivity index is 0.00000192. The zero-order valence-corrected chi connectivity index (χ0v) is 15.6. The minimum absolute atomic E-state index is 0. The van der Waals surface area contributed by atoms with Crippen LogP contribution < -0.4 is 5.73 Å². The number of amides is 1. The first-order chi connectivity index (χ1) is 10.5. The fourth-order valence-corrected chi connectivity index (χ4v) is 4.46. The van der Waals surface area contributed by atoms with Crippen molar-refractivity contribution in [2.45, 2.75) is 51.1 Å². The van der Waals surface area contributed by atoms with Gasteiger partial charge in [-0.05, 0) is 55.4 Å². The van der Waals surface area contributed by atoms with Gasteiger partial charge in [-0.15, -0.1) is 12.4 Å². The van der Waals surface area contributed by atoms with Gasteiger partial charge in [-0.2, -0.15) is 0 Å². The summed E-state index contributed by atoms with van der Waals surface area (Å²) < 4.78 is 0. The number of benzene rings is 1. The lowest BCUT2D eigenvalue weighted by molar-refractivity contribution is -0.134. The van der Waals surface area contributed by atoms with Crippen LogP contribution >= 0.6 is 35.6 Å². The van der Waals surface area contributed by atoms with E-state index in [1.165, 1.54) is 0 Å². The lowest BCUT2D eigenvalue weighted by atomic mass is 9.92. The van der Waals surface area contributed by atoms with Crippen LogP contribution in [-0.2, 0) is 11.2 Å². The van der Waals surface area contributed by atoms with Crippen molar-refractivity contribution in [1.29, 1.82) is 0 Å². The second-order valence-electron chi connectivity index (χ2n) is 6.53. The van der Waals surface area contributed by atoms with Gasteiger partial charge in [-0.1, -0.05) is 29.6 Å². The molecule has 6 heteroatoms. The zero-order chi connectivity index (χ0) is 15.9. The van der Waals surface area contributed by atoms with E-state index in [0.717, 1.165) is 43.4 Å². The second kappa shape index (κ2) is 7.60. The first-order valence-corrected chi connectivity index (χ1v) is 8.76. The number of hydrogen-bond donors (Lipinski definition) is 1. The highest BCUT2D eigenvalue weighted by atomic mass is 35.5. The Morgan fingerprint density at radius 1 is 1.35 bits per heavy atom. The Kier molecular flexibility index (Phi) is 6.23. The van der Waals surface area contributed by atoms with Crippen molar-refractivity contribution in [2.75, 3.05) is 6.54 Å². The SMILES string of the molecule is CC1c2cc(Cl)cc(Cl)c2CCN1C(=O)C[C@@H]1CCC[C@H]1N.Cl. The molecule has 1 saturated carbocycles. The summed E-state index contributed by atoms with van der Waals surface area (Å²) in [5, 5.41) is 1.34. The van der Waals surface area contributed by atoms with Crippen molar-refractivity contribution in [3.63, 3.8) is 0 Å². The van der Waals surface area contributed by atoms with E-state index in [0.29, 0.717) is 22.4 Å². The van der Waals surface area contributed by atoms with E-state index in [9.17, 15) is 4.79 Å². The molecule has 0 radical (unpaired) electrons. The van der Waals surface area contributed by atoms with Crippen LogP contribution in [0.2, 0.25) is 10.0 Å². The van der Waals surface area contributed by atoms with Crippen molar-refractivity contribution in [3.05, 3.63) is 33.3 Å². The molecule has 1 fully saturated rings. The minimum atomic E-state index is 0. The second-order valence-corrected chi connectivity index (χ2v) is 7.37. The standard InChI is InChI=1S/C17H22Cl2N2O.ClH/c1-10-14-8-12(18)9-15(19)13(14)5-6-21(10)17(22)7-11-3-2-4-16(11)20;/h8-11,16H,2-7,20H2,1H3;1H/t10?,11-,16+;/m0./s1. The number of carbonyl (C=O) groups excluding carboxylic acids is 1. The molecule has 2 N–H and O–H groups in total. The molecule has 0 spiro atoms. The number of hydrogen-bond acceptors (Lipinski definition) is 2. The highest BCUT2D eigenvalue weighted by molar-refractivity contribution is 6.35. The van der Waals surface area contributed by atoms with Crippen LogP contribution in [0, 0.1) is 5.92 Å². The van der Waals surface area contributed by atoms with E-state index < -0.39 is 0 Å². The molecule has 0 bridgehead atoms. The lowest BCUT2D eigenvalue weighted by Gasteiger charge is -2.36. The van der Waals surface area contributed by atoms with Crippen LogP contribution in [0.15, 0.2) is 12.1 Å². The van der Waals surface area contributed by atoms with E-state index in [2.05, 4.69) is 6.92 Å². The number of nitrogens with two attached hydrogens (primary N) is 1. The highest BCUT2D eigenvalue weighted by Gasteiger charge is 2.32. The van der Waals surface area contributed by atoms with Crippen molar-refractivity contribution < 1.29 is 4.79 Å². The summed E-state index contributed by atoms with van der Waals surface area (Å²) in [6.45, 7) is 2.77. The third-order valence-corrected chi connectivity index (χ3v) is 5.75. The summed E-state index contributed by atoms with van der Waals surface area (Å²) >= 11 is 12.4. The number of fused-ring (bicyclic) bond motifs is 1. The predicted octanol–water partition coefficient (Wildman–Crippen LogP) is 4.38. The third kappa shape index (κ3) is 3.79. The quantitative estimate of drug-likeness (QED) is 0.831. The number of rotatable bonds is 2. The van der Waals surface area contributed by atoms with E-state index >= 15 is 0 Å². The maximum Gasteiger partial charge on any atom is 0.223 e. The molecule has 1 aliphatic carbocycles. The van der Waals surface area contributed by atoms with Gasteiger partial charge >= 0.3 is 0 Å². The summed E-state index contributed by atoms with van der Waals surface area (Å²) in [5.74, 6) is 0.542. The van der Waals surface area contributed by atoms with Gasteiger partial charge in [0.1, 0.15) is 0 Å². The molecular weight excluding hydrogens is 355 g/mol. The molecule has 0 saturated heterocycles. The Bertz CT molecular complexity index is 593. The summed E-state index contributed by atoms with van der Waals surface area (Å²) in [5.41, 5.74) is 8.30. The molecule has 3 atom stereocenters. The van der Waals surface area contributed by atoms with Gasteiger partial charge in [0.05, 0.1) is 6.04 Å². The Morgan fingerprint density at radius 2 is 2.09 bits per heavy atom. The summed E-state index contributed by atoms with van der Waals surface area (Å²) in [4.78, 5) is 14.7. The molecule has 3 nitrogen and oxygen atoms in total. The predicted molar refractivity (Wildman–Crippen MR) is 97.5 cm³/mol. The molecule has 0 aromatic heterocycles. The molecule has 1 aliphatic heterocycles. The van der Waals surface area contributed by atoms with Gasteiger partial charge < -0.3 is 10.6 Å². The lowest BCUT2D eigenvalue weighted by Crippen LogP contribution is -2.41. The van der Waals surface area contributed by atoms with Crippen molar-refractivity contribution in [2.24, 2.45) is 11.7 Å². The fourth-order valence-electron chi connectivity index (χ4n) is 3.85. The molecule has 1 unspecified atom stereocenters. The van der Waals surface area contributed by atoms with Gasteiger partial charge in [0.2, 0.25) is 5.91 Å². The summed E-state index contributed by atoms with van der Waals surface area (Å²) in [6, 6.07) is 3.92. The summed E-state index contributed by atoms with van der Waals surface area (Å²) in [6.07, 6.45) is 4.61. The van der Waals surface area contributed by atoms with Gasteiger partial charge in [0.25, 0.3) is 0 Å². The monoisotopic (exact) mass is 376 g/mol. The van der Waals surface area contributed by atoms with Crippen molar-refractivity contribution in [1.82, 2.24) is 4.90 Å². The maximum atomic E-state index is 12.7. The van der Waals surface area contributed by atoms with E-state index in [-0.39, 0.29) is 30.4 Å². The average Bonchev–Trinajstić information content (AvgIpc) is 2.85. The molecule has 128 valence electrons. The molecule has 23 heavy (non-hydrogen) atoms. The highest BCUT2D eigenvalue weighted by Crippen LogP contribution is 2.37. The van der Waals surface area contributed by atoms with E-state index in [1.807, 2.05) is 11.0 Å². The number of nitrogens with zero attached hydrogens (tertiary/aromatic N) is 1. The van der Waals surface area contributed by atoms with Gasteiger partial charge in [-0.3, -0.25) is 4.79 Å². The number of halogens is 3. The first-order valence-electron chi connectivity index (χ1n) is 8.00. The normalized spacial score (nSPS) is 26.6. The molecule has 1 aromatic rings. The van der Waals surface area contributed by atoms with Crippen LogP contribution in [0.25, 0.3) is 0 Å². The molecule has 3 rings (SSSR count). The largest absolute Gasteiger partial charge is 0.336 e. The molecular formula is C17H23Cl3N2O. The van der Waals surface area contributed by atoms with E-state index in [1.54, 1.807) is 6.07 Å². The molecule has 1 heterocycles. The topological polar surface area (TPSA) is 46.3 Å². The molecule has 1 aromatic carbocycles.